The van der Waals surface area contributed by atoms with Crippen LogP contribution in [-0.4, -0.2) is 29.9 Å². The first kappa shape index (κ1) is 14.4. The van der Waals surface area contributed by atoms with Crippen molar-refractivity contribution in [3.63, 3.8) is 0 Å². The summed E-state index contributed by atoms with van der Waals surface area (Å²) in [6.07, 6.45) is 1.88. The monoisotopic (exact) mass is 280 g/mol. The van der Waals surface area contributed by atoms with E-state index in [9.17, 15) is 4.79 Å². The second-order valence-corrected chi connectivity index (χ2v) is 5.69. The zero-order valence-electron chi connectivity index (χ0n) is 11.5. The van der Waals surface area contributed by atoms with Gasteiger partial charge in [-0.25, -0.2) is 0 Å². The van der Waals surface area contributed by atoms with Crippen LogP contribution in [-0.2, 0) is 0 Å². The highest BCUT2D eigenvalue weighted by molar-refractivity contribution is 6.34. The molecule has 0 saturated carbocycles. The topological polar surface area (TPSA) is 46.3 Å². The van der Waals surface area contributed by atoms with E-state index in [1.54, 1.807) is 6.07 Å². The van der Waals surface area contributed by atoms with E-state index in [1.165, 1.54) is 0 Å². The number of hydrogen-bond donors (Lipinski definition) is 1. The van der Waals surface area contributed by atoms with Gasteiger partial charge in [0, 0.05) is 19.1 Å². The molecule has 1 aromatic carbocycles. The standard InChI is InChI=1S/C15H21ClN2O/c1-3-11-9-18(8-7-13(11)17)15(19)12-6-4-5-10(2)14(12)16/h4-6,11,13H,3,7-9,17H2,1-2H3. The summed E-state index contributed by atoms with van der Waals surface area (Å²) in [6, 6.07) is 5.80. The average molecular weight is 281 g/mol. The second kappa shape index (κ2) is 5.93. The van der Waals surface area contributed by atoms with E-state index in [0.29, 0.717) is 16.5 Å². The van der Waals surface area contributed by atoms with E-state index in [4.69, 9.17) is 17.3 Å². The van der Waals surface area contributed by atoms with Crippen molar-refractivity contribution >= 4 is 17.5 Å². The lowest BCUT2D eigenvalue weighted by Crippen LogP contribution is -2.49. The quantitative estimate of drug-likeness (QED) is 0.905. The average Bonchev–Trinajstić information content (AvgIpc) is 2.41. The molecule has 2 rings (SSSR count). The van der Waals surface area contributed by atoms with Gasteiger partial charge < -0.3 is 10.6 Å². The molecule has 104 valence electrons. The summed E-state index contributed by atoms with van der Waals surface area (Å²) in [4.78, 5) is 14.4. The van der Waals surface area contributed by atoms with Crippen molar-refractivity contribution in [3.05, 3.63) is 34.3 Å². The van der Waals surface area contributed by atoms with Crippen molar-refractivity contribution in [2.75, 3.05) is 13.1 Å². The Morgan fingerprint density at radius 3 is 2.95 bits per heavy atom. The highest BCUT2D eigenvalue weighted by Gasteiger charge is 2.29. The first-order chi connectivity index (χ1) is 9.04. The first-order valence-corrected chi connectivity index (χ1v) is 7.22. The van der Waals surface area contributed by atoms with Gasteiger partial charge in [-0.3, -0.25) is 4.79 Å². The van der Waals surface area contributed by atoms with Crippen molar-refractivity contribution in [1.82, 2.24) is 4.90 Å². The van der Waals surface area contributed by atoms with Crippen molar-refractivity contribution < 1.29 is 4.79 Å². The number of amides is 1. The third-order valence-electron chi connectivity index (χ3n) is 4.03. The molecule has 3 nitrogen and oxygen atoms in total. The van der Waals surface area contributed by atoms with Gasteiger partial charge in [-0.2, -0.15) is 0 Å². The lowest BCUT2D eigenvalue weighted by atomic mass is 9.90. The van der Waals surface area contributed by atoms with Crippen LogP contribution in [0.25, 0.3) is 0 Å². The maximum atomic E-state index is 12.5. The summed E-state index contributed by atoms with van der Waals surface area (Å²) in [5.41, 5.74) is 7.62. The molecule has 1 aliphatic rings. The number of aryl methyl sites for hydroxylation is 1. The minimum Gasteiger partial charge on any atom is -0.338 e. The first-order valence-electron chi connectivity index (χ1n) is 6.84. The highest BCUT2D eigenvalue weighted by Crippen LogP contribution is 2.25. The highest BCUT2D eigenvalue weighted by atomic mass is 35.5. The molecule has 1 aromatic rings. The normalized spacial score (nSPS) is 23.5. The number of nitrogens with two attached hydrogens (primary N) is 1. The van der Waals surface area contributed by atoms with Crippen LogP contribution < -0.4 is 5.73 Å². The molecule has 19 heavy (non-hydrogen) atoms. The van der Waals surface area contributed by atoms with Crippen LogP contribution >= 0.6 is 11.6 Å². The summed E-state index contributed by atoms with van der Waals surface area (Å²) in [6.45, 7) is 5.50. The number of likely N-dealkylation sites (tertiary alicyclic amines) is 1. The third kappa shape index (κ3) is 2.93. The number of benzene rings is 1. The van der Waals surface area contributed by atoms with E-state index in [-0.39, 0.29) is 11.9 Å². The van der Waals surface area contributed by atoms with Gasteiger partial charge in [-0.15, -0.1) is 0 Å². The number of nitrogens with zero attached hydrogens (tertiary/aromatic N) is 1. The molecule has 1 saturated heterocycles. The van der Waals surface area contributed by atoms with Gasteiger partial charge in [0.2, 0.25) is 0 Å². The van der Waals surface area contributed by atoms with E-state index in [0.717, 1.165) is 31.5 Å². The van der Waals surface area contributed by atoms with Crippen LogP contribution in [0, 0.1) is 12.8 Å². The summed E-state index contributed by atoms with van der Waals surface area (Å²) < 4.78 is 0. The van der Waals surface area contributed by atoms with Crippen molar-refractivity contribution in [1.29, 1.82) is 0 Å². The fourth-order valence-corrected chi connectivity index (χ4v) is 2.86. The molecule has 0 spiro atoms. The van der Waals surface area contributed by atoms with Gasteiger partial charge >= 0.3 is 0 Å². The predicted octanol–water partition coefficient (Wildman–Crippen LogP) is 2.85. The molecule has 1 aliphatic heterocycles. The van der Waals surface area contributed by atoms with Gasteiger partial charge in [-0.05, 0) is 30.9 Å². The van der Waals surface area contributed by atoms with Crippen LogP contribution in [0.3, 0.4) is 0 Å². The Morgan fingerprint density at radius 1 is 1.53 bits per heavy atom. The Balaban J connectivity index is 2.18. The maximum Gasteiger partial charge on any atom is 0.255 e. The lowest BCUT2D eigenvalue weighted by molar-refractivity contribution is 0.0649. The minimum absolute atomic E-state index is 0.0269. The molecule has 2 N–H and O–H groups in total. The van der Waals surface area contributed by atoms with Crippen molar-refractivity contribution in [2.24, 2.45) is 11.7 Å². The summed E-state index contributed by atoms with van der Waals surface area (Å²) >= 11 is 6.23. The molecular formula is C15H21ClN2O. The molecule has 1 fully saturated rings. The Hall–Kier alpha value is -1.06. The zero-order chi connectivity index (χ0) is 14.0. The SMILES string of the molecule is CCC1CN(C(=O)c2cccc(C)c2Cl)CCC1N. The third-order valence-corrected chi connectivity index (χ3v) is 4.53. The molecule has 0 aromatic heterocycles. The molecule has 2 unspecified atom stereocenters. The van der Waals surface area contributed by atoms with Crippen LogP contribution in [0.15, 0.2) is 18.2 Å². The molecule has 0 bridgehead atoms. The molecule has 2 atom stereocenters. The fraction of sp³-hybridized carbons (Fsp3) is 0.533. The van der Waals surface area contributed by atoms with E-state index >= 15 is 0 Å². The zero-order valence-corrected chi connectivity index (χ0v) is 12.3. The van der Waals surface area contributed by atoms with E-state index in [2.05, 4.69) is 6.92 Å². The van der Waals surface area contributed by atoms with Crippen LogP contribution in [0.4, 0.5) is 0 Å². The molecule has 0 aliphatic carbocycles. The van der Waals surface area contributed by atoms with Crippen LogP contribution in [0.5, 0.6) is 0 Å². The Labute approximate surface area is 119 Å². The van der Waals surface area contributed by atoms with Gasteiger partial charge in [0.25, 0.3) is 5.91 Å². The number of carbonyl (C=O) groups is 1. The number of piperidine rings is 1. The van der Waals surface area contributed by atoms with Gasteiger partial charge in [0.05, 0.1) is 10.6 Å². The molecule has 4 heteroatoms. The second-order valence-electron chi connectivity index (χ2n) is 5.31. The Morgan fingerprint density at radius 2 is 2.26 bits per heavy atom. The number of carbonyl (C=O) groups excluding carboxylic acids is 1. The van der Waals surface area contributed by atoms with E-state index in [1.807, 2.05) is 24.0 Å². The Bertz CT molecular complexity index is 475. The molecular weight excluding hydrogens is 260 g/mol. The number of rotatable bonds is 2. The summed E-state index contributed by atoms with van der Waals surface area (Å²) in [5.74, 6) is 0.417. The van der Waals surface area contributed by atoms with Crippen LogP contribution in [0.2, 0.25) is 5.02 Å². The number of halogens is 1. The lowest BCUT2D eigenvalue weighted by Gasteiger charge is -2.36. The largest absolute Gasteiger partial charge is 0.338 e. The van der Waals surface area contributed by atoms with Gasteiger partial charge in [0.15, 0.2) is 0 Å². The van der Waals surface area contributed by atoms with Crippen molar-refractivity contribution in [2.45, 2.75) is 32.7 Å². The smallest absolute Gasteiger partial charge is 0.255 e. The molecule has 0 radical (unpaired) electrons. The summed E-state index contributed by atoms with van der Waals surface area (Å²) in [7, 11) is 0. The van der Waals surface area contributed by atoms with Gasteiger partial charge in [-0.1, -0.05) is 37.1 Å². The molecule has 1 heterocycles. The van der Waals surface area contributed by atoms with Crippen molar-refractivity contribution in [3.8, 4) is 0 Å². The Kier molecular flexibility index (Phi) is 4.48. The predicted molar refractivity (Wildman–Crippen MR) is 78.5 cm³/mol. The number of hydrogen-bond acceptors (Lipinski definition) is 2. The fourth-order valence-electron chi connectivity index (χ4n) is 2.65. The van der Waals surface area contributed by atoms with Crippen LogP contribution in [0.1, 0.15) is 35.7 Å². The maximum absolute atomic E-state index is 12.5. The summed E-state index contributed by atoms with van der Waals surface area (Å²) in [5, 5.41) is 0.565. The minimum atomic E-state index is 0.0269. The molecule has 1 amide bonds. The van der Waals surface area contributed by atoms with Gasteiger partial charge in [0.1, 0.15) is 0 Å². The van der Waals surface area contributed by atoms with E-state index < -0.39 is 0 Å².